The Morgan fingerprint density at radius 2 is 1.76 bits per heavy atom. The number of rotatable bonds is 4. The fraction of sp³-hybridized carbons (Fsp3) is 0.571. The molecule has 17 heavy (non-hydrogen) atoms. The summed E-state index contributed by atoms with van der Waals surface area (Å²) in [6.07, 6.45) is 0. The van der Waals surface area contributed by atoms with E-state index in [1.165, 1.54) is 15.6 Å². The van der Waals surface area contributed by atoms with Gasteiger partial charge in [0.25, 0.3) is 0 Å². The van der Waals surface area contributed by atoms with Gasteiger partial charge in [0.2, 0.25) is 0 Å². The van der Waals surface area contributed by atoms with Crippen molar-refractivity contribution in [1.29, 1.82) is 0 Å². The van der Waals surface area contributed by atoms with Crippen LogP contribution in [0.25, 0.3) is 0 Å². The molecule has 0 bridgehead atoms. The first-order valence-electron chi connectivity index (χ1n) is 6.05. The van der Waals surface area contributed by atoms with Gasteiger partial charge in [0.15, 0.2) is 0 Å². The number of aryl methyl sites for hydroxylation is 2. The number of anilines is 1. The Bertz CT molecular complexity index is 378. The predicted molar refractivity (Wildman–Crippen MR) is 79.5 cm³/mol. The summed E-state index contributed by atoms with van der Waals surface area (Å²) in [5, 5.41) is 3.57. The van der Waals surface area contributed by atoms with Crippen LogP contribution >= 0.6 is 15.9 Å². The van der Waals surface area contributed by atoms with Crippen molar-refractivity contribution in [2.24, 2.45) is 11.7 Å². The van der Waals surface area contributed by atoms with Crippen LogP contribution in [0.4, 0.5) is 5.69 Å². The van der Waals surface area contributed by atoms with Gasteiger partial charge in [-0.15, -0.1) is 0 Å². The molecule has 0 aliphatic rings. The Morgan fingerprint density at radius 1 is 1.29 bits per heavy atom. The molecule has 3 N–H and O–H groups in total. The minimum atomic E-state index is -0.0628. The summed E-state index contributed by atoms with van der Waals surface area (Å²) in [6, 6.07) is 4.32. The Hall–Kier alpha value is -0.540. The summed E-state index contributed by atoms with van der Waals surface area (Å²) in [5.74, 6) is 0.483. The van der Waals surface area contributed by atoms with Gasteiger partial charge >= 0.3 is 0 Å². The molecule has 0 spiro atoms. The lowest BCUT2D eigenvalue weighted by Gasteiger charge is -2.35. The number of halogens is 1. The Kier molecular flexibility index (Phi) is 4.62. The minimum Gasteiger partial charge on any atom is -0.378 e. The van der Waals surface area contributed by atoms with Crippen molar-refractivity contribution in [3.8, 4) is 0 Å². The SMILES string of the molecule is Cc1cc(NC(C)(CN)C(C)C)cc(C)c1Br. The Morgan fingerprint density at radius 3 is 2.12 bits per heavy atom. The van der Waals surface area contributed by atoms with Crippen LogP contribution in [0.15, 0.2) is 16.6 Å². The van der Waals surface area contributed by atoms with E-state index in [0.717, 1.165) is 5.69 Å². The second-order valence-electron chi connectivity index (χ2n) is 5.33. The highest BCUT2D eigenvalue weighted by atomic mass is 79.9. The fourth-order valence-corrected chi connectivity index (χ4v) is 2.01. The van der Waals surface area contributed by atoms with Gasteiger partial charge in [-0.25, -0.2) is 0 Å². The molecular weight excluding hydrogens is 276 g/mol. The molecule has 0 aromatic heterocycles. The molecule has 96 valence electrons. The first-order chi connectivity index (χ1) is 7.80. The van der Waals surface area contributed by atoms with Crippen LogP contribution in [-0.4, -0.2) is 12.1 Å². The first-order valence-corrected chi connectivity index (χ1v) is 6.84. The molecule has 1 atom stereocenters. The van der Waals surface area contributed by atoms with Gasteiger partial charge in [0, 0.05) is 22.2 Å². The normalized spacial score (nSPS) is 14.8. The maximum atomic E-state index is 5.89. The molecule has 2 nitrogen and oxygen atoms in total. The molecule has 0 aliphatic carbocycles. The van der Waals surface area contributed by atoms with Crippen LogP contribution < -0.4 is 11.1 Å². The minimum absolute atomic E-state index is 0.0628. The molecule has 1 aromatic rings. The summed E-state index contributed by atoms with van der Waals surface area (Å²) in [7, 11) is 0. The van der Waals surface area contributed by atoms with Crippen LogP contribution in [0.2, 0.25) is 0 Å². The second kappa shape index (κ2) is 5.40. The number of hydrogen-bond acceptors (Lipinski definition) is 2. The third kappa shape index (κ3) is 3.23. The topological polar surface area (TPSA) is 38.0 Å². The highest BCUT2D eigenvalue weighted by Crippen LogP contribution is 2.28. The van der Waals surface area contributed by atoms with Gasteiger partial charge in [0.1, 0.15) is 0 Å². The van der Waals surface area contributed by atoms with Gasteiger partial charge in [-0.2, -0.15) is 0 Å². The van der Waals surface area contributed by atoms with Gasteiger partial charge in [-0.1, -0.05) is 29.8 Å². The van der Waals surface area contributed by atoms with Gasteiger partial charge in [-0.3, -0.25) is 0 Å². The van der Waals surface area contributed by atoms with E-state index in [-0.39, 0.29) is 5.54 Å². The molecule has 1 aromatic carbocycles. The fourth-order valence-electron chi connectivity index (χ4n) is 1.78. The molecule has 0 radical (unpaired) electrons. The van der Waals surface area contributed by atoms with Crippen molar-refractivity contribution in [2.45, 2.75) is 40.2 Å². The Labute approximate surface area is 113 Å². The van der Waals surface area contributed by atoms with E-state index in [4.69, 9.17) is 5.73 Å². The Balaban J connectivity index is 3.03. The summed E-state index contributed by atoms with van der Waals surface area (Å²) < 4.78 is 1.18. The molecule has 1 rings (SSSR count). The van der Waals surface area contributed by atoms with E-state index in [0.29, 0.717) is 12.5 Å². The quantitative estimate of drug-likeness (QED) is 0.886. The molecule has 1 unspecified atom stereocenters. The monoisotopic (exact) mass is 298 g/mol. The molecule has 3 heteroatoms. The maximum Gasteiger partial charge on any atom is 0.0490 e. The number of benzene rings is 1. The zero-order valence-electron chi connectivity index (χ0n) is 11.4. The predicted octanol–water partition coefficient (Wildman–Crippen LogP) is 3.85. The van der Waals surface area contributed by atoms with Crippen LogP contribution in [0.5, 0.6) is 0 Å². The summed E-state index contributed by atoms with van der Waals surface area (Å²) >= 11 is 3.59. The highest BCUT2D eigenvalue weighted by Gasteiger charge is 2.26. The van der Waals surface area contributed by atoms with Crippen LogP contribution in [0, 0.1) is 19.8 Å². The number of nitrogens with one attached hydrogen (secondary N) is 1. The van der Waals surface area contributed by atoms with Gasteiger partial charge in [-0.05, 0) is 49.9 Å². The molecular formula is C14H23BrN2. The van der Waals surface area contributed by atoms with E-state index in [1.807, 2.05) is 0 Å². The van der Waals surface area contributed by atoms with Gasteiger partial charge in [0.05, 0.1) is 0 Å². The molecule has 0 heterocycles. The third-order valence-electron chi connectivity index (χ3n) is 3.56. The van der Waals surface area contributed by atoms with Crippen LogP contribution in [-0.2, 0) is 0 Å². The molecule has 0 amide bonds. The highest BCUT2D eigenvalue weighted by molar-refractivity contribution is 9.10. The maximum absolute atomic E-state index is 5.89. The van der Waals surface area contributed by atoms with E-state index < -0.39 is 0 Å². The average molecular weight is 299 g/mol. The van der Waals surface area contributed by atoms with Crippen molar-refractivity contribution in [3.63, 3.8) is 0 Å². The lowest BCUT2D eigenvalue weighted by atomic mass is 9.88. The van der Waals surface area contributed by atoms with Crippen LogP contribution in [0.3, 0.4) is 0 Å². The van der Waals surface area contributed by atoms with Crippen molar-refractivity contribution in [1.82, 2.24) is 0 Å². The second-order valence-corrected chi connectivity index (χ2v) is 6.12. The van der Waals surface area contributed by atoms with Gasteiger partial charge < -0.3 is 11.1 Å². The van der Waals surface area contributed by atoms with Crippen molar-refractivity contribution in [2.75, 3.05) is 11.9 Å². The summed E-state index contributed by atoms with van der Waals surface area (Å²) in [5.41, 5.74) is 9.46. The van der Waals surface area contributed by atoms with E-state index in [9.17, 15) is 0 Å². The molecule has 0 saturated carbocycles. The molecule has 0 saturated heterocycles. The van der Waals surface area contributed by atoms with Crippen molar-refractivity contribution < 1.29 is 0 Å². The lowest BCUT2D eigenvalue weighted by molar-refractivity contribution is 0.382. The lowest BCUT2D eigenvalue weighted by Crippen LogP contribution is -2.47. The average Bonchev–Trinajstić information content (AvgIpc) is 2.25. The smallest absolute Gasteiger partial charge is 0.0490 e. The number of nitrogens with two attached hydrogens (primary N) is 1. The molecule has 0 aliphatic heterocycles. The zero-order chi connectivity index (χ0) is 13.2. The zero-order valence-corrected chi connectivity index (χ0v) is 13.0. The van der Waals surface area contributed by atoms with E-state index in [2.05, 4.69) is 68.0 Å². The van der Waals surface area contributed by atoms with E-state index >= 15 is 0 Å². The van der Waals surface area contributed by atoms with Crippen molar-refractivity contribution in [3.05, 3.63) is 27.7 Å². The molecule has 0 fully saturated rings. The van der Waals surface area contributed by atoms with Crippen LogP contribution in [0.1, 0.15) is 31.9 Å². The number of hydrogen-bond donors (Lipinski definition) is 2. The first kappa shape index (κ1) is 14.5. The third-order valence-corrected chi connectivity index (χ3v) is 4.82. The largest absolute Gasteiger partial charge is 0.378 e. The standard InChI is InChI=1S/C14H23BrN2/c1-9(2)14(5,8-16)17-12-6-10(3)13(15)11(4)7-12/h6-7,9,17H,8,16H2,1-5H3. The van der Waals surface area contributed by atoms with Crippen molar-refractivity contribution >= 4 is 21.6 Å². The van der Waals surface area contributed by atoms with E-state index in [1.54, 1.807) is 0 Å². The summed E-state index contributed by atoms with van der Waals surface area (Å²) in [6.45, 7) is 11.4. The summed E-state index contributed by atoms with van der Waals surface area (Å²) in [4.78, 5) is 0.